The van der Waals surface area contributed by atoms with Gasteiger partial charge in [0.2, 0.25) is 0 Å². The van der Waals surface area contributed by atoms with Crippen LogP contribution in [0.1, 0.15) is 68.9 Å². The van der Waals surface area contributed by atoms with Gasteiger partial charge in [-0.25, -0.2) is 4.79 Å². The number of rotatable bonds is 8. The number of nitrogens with zero attached hydrogens (tertiary/aromatic N) is 1. The average Bonchev–Trinajstić information content (AvgIpc) is 2.70. The standard InChI is InChI=1S/C24H34N2O2/c1-18(2)21-11-10-19-8-4-5-9-22(19)23(21)20(12-14-25-24(27)28)13-17-26-15-6-3-7-16-26/h4-5,8-11,18,20,25H,3,6-7,12-17H2,1-2H3,(H,27,28). The van der Waals surface area contributed by atoms with Crippen molar-refractivity contribution in [2.24, 2.45) is 0 Å². The maximum Gasteiger partial charge on any atom is 0.404 e. The van der Waals surface area contributed by atoms with Crippen LogP contribution in [0, 0.1) is 0 Å². The highest BCUT2D eigenvalue weighted by atomic mass is 16.4. The molecule has 1 fully saturated rings. The Kier molecular flexibility index (Phi) is 7.32. The molecule has 4 heteroatoms. The molecule has 2 aromatic rings. The fourth-order valence-electron chi connectivity index (χ4n) is 4.58. The smallest absolute Gasteiger partial charge is 0.404 e. The maximum absolute atomic E-state index is 11.0. The molecular weight excluding hydrogens is 348 g/mol. The van der Waals surface area contributed by atoms with Gasteiger partial charge in [0.15, 0.2) is 0 Å². The van der Waals surface area contributed by atoms with E-state index in [-0.39, 0.29) is 0 Å². The zero-order chi connectivity index (χ0) is 19.9. The Morgan fingerprint density at radius 1 is 1.07 bits per heavy atom. The summed E-state index contributed by atoms with van der Waals surface area (Å²) in [5, 5.41) is 14.2. The van der Waals surface area contributed by atoms with E-state index in [4.69, 9.17) is 5.11 Å². The van der Waals surface area contributed by atoms with Crippen LogP contribution >= 0.6 is 0 Å². The lowest BCUT2D eigenvalue weighted by Crippen LogP contribution is -2.32. The van der Waals surface area contributed by atoms with E-state index in [9.17, 15) is 4.79 Å². The zero-order valence-corrected chi connectivity index (χ0v) is 17.3. The van der Waals surface area contributed by atoms with E-state index in [1.165, 1.54) is 54.3 Å². The van der Waals surface area contributed by atoms with Crippen LogP contribution < -0.4 is 5.32 Å². The second-order valence-electron chi connectivity index (χ2n) is 8.35. The van der Waals surface area contributed by atoms with Crippen LogP contribution in [0.15, 0.2) is 36.4 Å². The minimum atomic E-state index is -0.934. The SMILES string of the molecule is CC(C)c1ccc2ccccc2c1C(CCNC(=O)O)CCN1CCCCC1. The predicted octanol–water partition coefficient (Wildman–Crippen LogP) is 5.58. The van der Waals surface area contributed by atoms with Gasteiger partial charge in [-0.15, -0.1) is 0 Å². The number of piperidine rings is 1. The number of carboxylic acid groups (broad SMARTS) is 1. The van der Waals surface area contributed by atoms with E-state index in [1.807, 2.05) is 0 Å². The summed E-state index contributed by atoms with van der Waals surface area (Å²) in [6.45, 7) is 8.51. The van der Waals surface area contributed by atoms with Gasteiger partial charge in [-0.3, -0.25) is 0 Å². The van der Waals surface area contributed by atoms with Crippen LogP contribution in [0.5, 0.6) is 0 Å². The molecule has 1 atom stereocenters. The van der Waals surface area contributed by atoms with E-state index in [2.05, 4.69) is 60.5 Å². The fourth-order valence-corrected chi connectivity index (χ4v) is 4.58. The van der Waals surface area contributed by atoms with E-state index >= 15 is 0 Å². The first kappa shape index (κ1) is 20.7. The van der Waals surface area contributed by atoms with Gasteiger partial charge >= 0.3 is 6.09 Å². The Balaban J connectivity index is 1.90. The van der Waals surface area contributed by atoms with Crippen molar-refractivity contribution in [3.8, 4) is 0 Å². The van der Waals surface area contributed by atoms with Crippen LogP contribution in [-0.4, -0.2) is 42.3 Å². The largest absolute Gasteiger partial charge is 0.465 e. The normalized spacial score (nSPS) is 16.4. The molecule has 4 nitrogen and oxygen atoms in total. The fraction of sp³-hybridized carbons (Fsp3) is 0.542. The van der Waals surface area contributed by atoms with Gasteiger partial charge in [0.25, 0.3) is 0 Å². The first-order chi connectivity index (χ1) is 13.6. The van der Waals surface area contributed by atoms with E-state index < -0.39 is 6.09 Å². The van der Waals surface area contributed by atoms with E-state index in [1.54, 1.807) is 0 Å². The Morgan fingerprint density at radius 2 is 1.82 bits per heavy atom. The van der Waals surface area contributed by atoms with Crippen LogP contribution in [0.2, 0.25) is 0 Å². The molecule has 0 aliphatic carbocycles. The number of hydrogen-bond acceptors (Lipinski definition) is 2. The van der Waals surface area contributed by atoms with Gasteiger partial charge in [-0.2, -0.15) is 0 Å². The molecular formula is C24H34N2O2. The molecule has 3 rings (SSSR count). The van der Waals surface area contributed by atoms with Crippen LogP contribution in [0.3, 0.4) is 0 Å². The number of likely N-dealkylation sites (tertiary alicyclic amines) is 1. The van der Waals surface area contributed by atoms with Crippen molar-refractivity contribution in [3.05, 3.63) is 47.5 Å². The number of hydrogen-bond donors (Lipinski definition) is 2. The Hall–Kier alpha value is -2.07. The summed E-state index contributed by atoms with van der Waals surface area (Å²) in [5.74, 6) is 0.807. The molecule has 1 heterocycles. The predicted molar refractivity (Wildman–Crippen MR) is 116 cm³/mol. The second kappa shape index (κ2) is 9.92. The maximum atomic E-state index is 11.0. The van der Waals surface area contributed by atoms with Crippen LogP contribution in [0.4, 0.5) is 4.79 Å². The lowest BCUT2D eigenvalue weighted by atomic mass is 9.81. The molecule has 28 heavy (non-hydrogen) atoms. The molecule has 2 N–H and O–H groups in total. The minimum Gasteiger partial charge on any atom is -0.465 e. The monoisotopic (exact) mass is 382 g/mol. The molecule has 1 amide bonds. The molecule has 2 aromatic carbocycles. The van der Waals surface area contributed by atoms with Crippen molar-refractivity contribution in [2.45, 2.75) is 57.8 Å². The molecule has 1 aliphatic rings. The molecule has 1 aliphatic heterocycles. The lowest BCUT2D eigenvalue weighted by Gasteiger charge is -2.30. The first-order valence-corrected chi connectivity index (χ1v) is 10.8. The van der Waals surface area contributed by atoms with Crippen molar-refractivity contribution in [1.29, 1.82) is 0 Å². The Morgan fingerprint density at radius 3 is 2.54 bits per heavy atom. The topological polar surface area (TPSA) is 52.6 Å². The first-order valence-electron chi connectivity index (χ1n) is 10.8. The second-order valence-corrected chi connectivity index (χ2v) is 8.35. The summed E-state index contributed by atoms with van der Waals surface area (Å²) in [6.07, 6.45) is 4.94. The van der Waals surface area contributed by atoms with Gasteiger partial charge in [0, 0.05) is 6.54 Å². The molecule has 0 saturated carbocycles. The average molecular weight is 383 g/mol. The zero-order valence-electron chi connectivity index (χ0n) is 17.3. The summed E-state index contributed by atoms with van der Waals surface area (Å²) in [4.78, 5) is 13.6. The Bertz CT molecular complexity index is 781. The van der Waals surface area contributed by atoms with Crippen molar-refractivity contribution in [2.75, 3.05) is 26.2 Å². The summed E-state index contributed by atoms with van der Waals surface area (Å²) >= 11 is 0. The number of carbonyl (C=O) groups is 1. The molecule has 1 saturated heterocycles. The highest BCUT2D eigenvalue weighted by Gasteiger charge is 2.21. The molecule has 0 aromatic heterocycles. The van der Waals surface area contributed by atoms with Gasteiger partial charge < -0.3 is 15.3 Å². The Labute approximate surface area is 168 Å². The summed E-state index contributed by atoms with van der Waals surface area (Å²) in [5.41, 5.74) is 2.83. The van der Waals surface area contributed by atoms with E-state index in [0.29, 0.717) is 18.4 Å². The number of benzene rings is 2. The third kappa shape index (κ3) is 5.26. The number of nitrogens with one attached hydrogen (secondary N) is 1. The van der Waals surface area contributed by atoms with Crippen LogP contribution in [0.25, 0.3) is 10.8 Å². The van der Waals surface area contributed by atoms with Gasteiger partial charge in [0.1, 0.15) is 0 Å². The van der Waals surface area contributed by atoms with Crippen LogP contribution in [-0.2, 0) is 0 Å². The lowest BCUT2D eigenvalue weighted by molar-refractivity contribution is 0.193. The number of fused-ring (bicyclic) bond motifs is 1. The van der Waals surface area contributed by atoms with E-state index in [0.717, 1.165) is 19.4 Å². The van der Waals surface area contributed by atoms with Crippen molar-refractivity contribution in [1.82, 2.24) is 10.2 Å². The quantitative estimate of drug-likeness (QED) is 0.626. The highest BCUT2D eigenvalue weighted by molar-refractivity contribution is 5.87. The molecule has 1 unspecified atom stereocenters. The molecule has 152 valence electrons. The van der Waals surface area contributed by atoms with Crippen molar-refractivity contribution >= 4 is 16.9 Å². The summed E-state index contributed by atoms with van der Waals surface area (Å²) in [6, 6.07) is 13.1. The summed E-state index contributed by atoms with van der Waals surface area (Å²) < 4.78 is 0. The highest BCUT2D eigenvalue weighted by Crippen LogP contribution is 2.36. The summed E-state index contributed by atoms with van der Waals surface area (Å²) in [7, 11) is 0. The molecule has 0 bridgehead atoms. The molecule has 0 spiro atoms. The van der Waals surface area contributed by atoms with Crippen molar-refractivity contribution < 1.29 is 9.90 Å². The third-order valence-corrected chi connectivity index (χ3v) is 6.05. The molecule has 0 radical (unpaired) electrons. The minimum absolute atomic E-state index is 0.359. The van der Waals surface area contributed by atoms with Gasteiger partial charge in [-0.1, -0.05) is 56.7 Å². The van der Waals surface area contributed by atoms with Gasteiger partial charge in [0.05, 0.1) is 0 Å². The number of amides is 1. The third-order valence-electron chi connectivity index (χ3n) is 6.05. The van der Waals surface area contributed by atoms with Crippen molar-refractivity contribution in [3.63, 3.8) is 0 Å². The van der Waals surface area contributed by atoms with Gasteiger partial charge in [-0.05, 0) is 79.1 Å².